The Morgan fingerprint density at radius 1 is 0.818 bits per heavy atom. The van der Waals surface area contributed by atoms with Crippen molar-refractivity contribution >= 4 is 11.8 Å². The number of hydrogen-bond acceptors (Lipinski definition) is 3. The van der Waals surface area contributed by atoms with Gasteiger partial charge in [0.2, 0.25) is 11.8 Å². The quantitative estimate of drug-likeness (QED) is 0.692. The number of nitrogens with zero attached hydrogens (tertiary/aromatic N) is 2. The standard InChI is InChI=1S/C28H37N3O2/c32-27(29-26(24-13-7-4-8-14-24)21-23-11-5-3-6-12-23)22-30-19-15-25(16-20-30)28(33)31-17-9-1-2-10-18-31/h3-8,11-14,25-26H,1-2,9-10,15-22H2,(H,29,32). The van der Waals surface area contributed by atoms with E-state index in [1.807, 2.05) is 36.4 Å². The van der Waals surface area contributed by atoms with Crippen molar-refractivity contribution in [1.82, 2.24) is 15.1 Å². The molecule has 176 valence electrons. The maximum Gasteiger partial charge on any atom is 0.234 e. The molecule has 33 heavy (non-hydrogen) atoms. The fraction of sp³-hybridized carbons (Fsp3) is 0.500. The van der Waals surface area contributed by atoms with Crippen molar-refractivity contribution < 1.29 is 9.59 Å². The summed E-state index contributed by atoms with van der Waals surface area (Å²) in [5.74, 6) is 0.516. The zero-order valence-electron chi connectivity index (χ0n) is 19.6. The van der Waals surface area contributed by atoms with Crippen molar-refractivity contribution in [3.63, 3.8) is 0 Å². The van der Waals surface area contributed by atoms with Crippen LogP contribution in [0.1, 0.15) is 55.7 Å². The molecular formula is C28H37N3O2. The zero-order chi connectivity index (χ0) is 22.9. The van der Waals surface area contributed by atoms with Crippen LogP contribution in [0.25, 0.3) is 0 Å². The van der Waals surface area contributed by atoms with Crippen LogP contribution in [0, 0.1) is 5.92 Å². The van der Waals surface area contributed by atoms with Crippen molar-refractivity contribution in [2.45, 2.75) is 51.0 Å². The summed E-state index contributed by atoms with van der Waals surface area (Å²) in [5.41, 5.74) is 2.33. The van der Waals surface area contributed by atoms with Gasteiger partial charge in [0.1, 0.15) is 0 Å². The molecule has 0 bridgehead atoms. The van der Waals surface area contributed by atoms with Gasteiger partial charge in [-0.2, -0.15) is 0 Å². The SMILES string of the molecule is O=C(CN1CCC(C(=O)N2CCCCCC2)CC1)NC(Cc1ccccc1)c1ccccc1. The first kappa shape index (κ1) is 23.5. The van der Waals surface area contributed by atoms with E-state index in [4.69, 9.17) is 0 Å². The molecule has 2 aromatic carbocycles. The van der Waals surface area contributed by atoms with Gasteiger partial charge in [0.25, 0.3) is 0 Å². The van der Waals surface area contributed by atoms with E-state index in [2.05, 4.69) is 39.4 Å². The lowest BCUT2D eigenvalue weighted by Gasteiger charge is -2.34. The molecule has 2 saturated heterocycles. The number of carbonyl (C=O) groups excluding carboxylic acids is 2. The molecule has 1 atom stereocenters. The van der Waals surface area contributed by atoms with Crippen LogP contribution in [0.5, 0.6) is 0 Å². The zero-order valence-corrected chi connectivity index (χ0v) is 19.6. The van der Waals surface area contributed by atoms with Gasteiger partial charge in [0.05, 0.1) is 12.6 Å². The molecule has 0 spiro atoms. The number of nitrogens with one attached hydrogen (secondary N) is 1. The predicted molar refractivity (Wildman–Crippen MR) is 132 cm³/mol. The lowest BCUT2D eigenvalue weighted by Crippen LogP contribution is -2.46. The number of likely N-dealkylation sites (tertiary alicyclic amines) is 2. The Morgan fingerprint density at radius 2 is 1.42 bits per heavy atom. The maximum absolute atomic E-state index is 13.0. The van der Waals surface area contributed by atoms with Crippen LogP contribution in [-0.4, -0.2) is 54.3 Å². The van der Waals surface area contributed by atoms with Gasteiger partial charge in [0, 0.05) is 19.0 Å². The van der Waals surface area contributed by atoms with Gasteiger partial charge < -0.3 is 10.2 Å². The number of amides is 2. The van der Waals surface area contributed by atoms with Gasteiger partial charge in [0.15, 0.2) is 0 Å². The first-order chi connectivity index (χ1) is 16.2. The molecule has 2 heterocycles. The van der Waals surface area contributed by atoms with E-state index in [-0.39, 0.29) is 17.9 Å². The third kappa shape index (κ3) is 6.91. The fourth-order valence-electron chi connectivity index (χ4n) is 5.12. The minimum atomic E-state index is -0.0525. The van der Waals surface area contributed by atoms with Gasteiger partial charge in [-0.25, -0.2) is 0 Å². The minimum absolute atomic E-state index is 0.0525. The summed E-state index contributed by atoms with van der Waals surface area (Å²) in [6.45, 7) is 3.86. The molecular weight excluding hydrogens is 410 g/mol. The Hall–Kier alpha value is -2.66. The molecule has 0 aliphatic carbocycles. The molecule has 2 amide bonds. The number of rotatable bonds is 7. The molecule has 1 unspecified atom stereocenters. The highest BCUT2D eigenvalue weighted by Gasteiger charge is 2.29. The topological polar surface area (TPSA) is 52.7 Å². The molecule has 4 rings (SSSR count). The van der Waals surface area contributed by atoms with E-state index in [0.29, 0.717) is 12.5 Å². The Morgan fingerprint density at radius 3 is 2.06 bits per heavy atom. The second-order valence-corrected chi connectivity index (χ2v) is 9.51. The smallest absolute Gasteiger partial charge is 0.234 e. The highest BCUT2D eigenvalue weighted by atomic mass is 16.2. The summed E-state index contributed by atoms with van der Waals surface area (Å²) < 4.78 is 0. The molecule has 0 radical (unpaired) electrons. The Balaban J connectivity index is 1.29. The average Bonchev–Trinajstić information content (AvgIpc) is 3.15. The molecule has 0 saturated carbocycles. The third-order valence-corrected chi connectivity index (χ3v) is 7.04. The van der Waals surface area contributed by atoms with Crippen LogP contribution >= 0.6 is 0 Å². The van der Waals surface area contributed by atoms with Gasteiger partial charge in [-0.3, -0.25) is 14.5 Å². The Bertz CT molecular complexity index is 871. The van der Waals surface area contributed by atoms with E-state index >= 15 is 0 Å². The monoisotopic (exact) mass is 447 g/mol. The average molecular weight is 448 g/mol. The Kier molecular flexibility index (Phi) is 8.53. The predicted octanol–water partition coefficient (Wildman–Crippen LogP) is 4.20. The van der Waals surface area contributed by atoms with E-state index in [1.54, 1.807) is 0 Å². The normalized spacial score (nSPS) is 19.0. The number of hydrogen-bond donors (Lipinski definition) is 1. The highest BCUT2D eigenvalue weighted by molar-refractivity contribution is 5.80. The van der Waals surface area contributed by atoms with Gasteiger partial charge in [-0.1, -0.05) is 73.5 Å². The molecule has 1 N–H and O–H groups in total. The first-order valence-corrected chi connectivity index (χ1v) is 12.6. The largest absolute Gasteiger partial charge is 0.348 e. The second-order valence-electron chi connectivity index (χ2n) is 9.51. The van der Waals surface area contributed by atoms with Crippen LogP contribution in [-0.2, 0) is 16.0 Å². The summed E-state index contributed by atoms with van der Waals surface area (Å²) >= 11 is 0. The van der Waals surface area contributed by atoms with E-state index < -0.39 is 0 Å². The molecule has 0 aromatic heterocycles. The molecule has 5 nitrogen and oxygen atoms in total. The first-order valence-electron chi connectivity index (χ1n) is 12.6. The van der Waals surface area contributed by atoms with E-state index in [9.17, 15) is 9.59 Å². The molecule has 2 aliphatic heterocycles. The van der Waals surface area contributed by atoms with Gasteiger partial charge in [-0.05, 0) is 56.3 Å². The van der Waals surface area contributed by atoms with E-state index in [0.717, 1.165) is 63.8 Å². The summed E-state index contributed by atoms with van der Waals surface area (Å²) in [7, 11) is 0. The lowest BCUT2D eigenvalue weighted by atomic mass is 9.95. The van der Waals surface area contributed by atoms with Crippen LogP contribution < -0.4 is 5.32 Å². The number of benzene rings is 2. The molecule has 5 heteroatoms. The van der Waals surface area contributed by atoms with Crippen molar-refractivity contribution in [2.24, 2.45) is 5.92 Å². The van der Waals surface area contributed by atoms with Gasteiger partial charge >= 0.3 is 0 Å². The van der Waals surface area contributed by atoms with Crippen molar-refractivity contribution in [3.8, 4) is 0 Å². The van der Waals surface area contributed by atoms with Crippen molar-refractivity contribution in [2.75, 3.05) is 32.7 Å². The molecule has 2 fully saturated rings. The summed E-state index contributed by atoms with van der Waals surface area (Å²) in [4.78, 5) is 30.2. The summed E-state index contributed by atoms with van der Waals surface area (Å²) in [5, 5.41) is 3.27. The lowest BCUT2D eigenvalue weighted by molar-refractivity contribution is -0.137. The minimum Gasteiger partial charge on any atom is -0.348 e. The molecule has 2 aliphatic rings. The summed E-state index contributed by atoms with van der Waals surface area (Å²) in [6, 6.07) is 20.4. The Labute approximate surface area is 198 Å². The van der Waals surface area contributed by atoms with Crippen LogP contribution in [0.2, 0.25) is 0 Å². The second kappa shape index (κ2) is 12.0. The maximum atomic E-state index is 13.0. The van der Waals surface area contributed by atoms with Gasteiger partial charge in [-0.15, -0.1) is 0 Å². The molecule has 2 aromatic rings. The van der Waals surface area contributed by atoms with Crippen LogP contribution in [0.4, 0.5) is 0 Å². The highest BCUT2D eigenvalue weighted by Crippen LogP contribution is 2.22. The van der Waals surface area contributed by atoms with Crippen LogP contribution in [0.15, 0.2) is 60.7 Å². The van der Waals surface area contributed by atoms with Crippen molar-refractivity contribution in [3.05, 3.63) is 71.8 Å². The summed E-state index contributed by atoms with van der Waals surface area (Å²) in [6.07, 6.45) is 7.23. The number of piperidine rings is 1. The van der Waals surface area contributed by atoms with Crippen LogP contribution in [0.3, 0.4) is 0 Å². The van der Waals surface area contributed by atoms with Crippen molar-refractivity contribution in [1.29, 1.82) is 0 Å². The van der Waals surface area contributed by atoms with E-state index in [1.165, 1.54) is 18.4 Å². The fourth-order valence-corrected chi connectivity index (χ4v) is 5.12. The third-order valence-electron chi connectivity index (χ3n) is 7.04. The number of carbonyl (C=O) groups is 2.